The molecule has 1 unspecified atom stereocenters. The highest BCUT2D eigenvalue weighted by molar-refractivity contribution is 7.92. The lowest BCUT2D eigenvalue weighted by Crippen LogP contribution is -2.42. The first-order chi connectivity index (χ1) is 16.3. The van der Waals surface area contributed by atoms with Gasteiger partial charge in [-0.15, -0.1) is 0 Å². The number of alkyl halides is 3. The van der Waals surface area contributed by atoms with Crippen molar-refractivity contribution in [2.24, 2.45) is 0 Å². The number of aryl methyl sites for hydroxylation is 2. The minimum absolute atomic E-state index is 0.191. The number of amides is 1. The van der Waals surface area contributed by atoms with Gasteiger partial charge in [-0.25, -0.2) is 8.42 Å². The first kappa shape index (κ1) is 26.6. The maximum absolute atomic E-state index is 13.4. The van der Waals surface area contributed by atoms with Crippen molar-refractivity contribution in [2.75, 3.05) is 10.8 Å². The monoisotopic (exact) mass is 524 g/mol. The number of hydrogen-bond donors (Lipinski definition) is 1. The lowest BCUT2D eigenvalue weighted by molar-refractivity contribution is -0.137. The Hall–Kier alpha value is -3.04. The molecule has 1 amide bonds. The molecule has 5 nitrogen and oxygen atoms in total. The number of hydrogen-bond acceptors (Lipinski definition) is 3. The minimum atomic E-state index is -4.74. The minimum Gasteiger partial charge on any atom is -0.348 e. The molecule has 0 radical (unpaired) electrons. The molecule has 186 valence electrons. The molecule has 0 saturated heterocycles. The van der Waals surface area contributed by atoms with Crippen LogP contribution < -0.4 is 9.62 Å². The van der Waals surface area contributed by atoms with Crippen molar-refractivity contribution < 1.29 is 26.4 Å². The maximum Gasteiger partial charge on any atom is 0.416 e. The topological polar surface area (TPSA) is 66.5 Å². The molecule has 0 aromatic heterocycles. The van der Waals surface area contributed by atoms with Crippen LogP contribution in [0.3, 0.4) is 0 Å². The van der Waals surface area contributed by atoms with Crippen molar-refractivity contribution >= 4 is 33.2 Å². The molecule has 0 aliphatic carbocycles. The van der Waals surface area contributed by atoms with Crippen LogP contribution in [0.1, 0.15) is 35.2 Å². The predicted octanol–water partition coefficient (Wildman–Crippen LogP) is 6.05. The van der Waals surface area contributed by atoms with Gasteiger partial charge in [0.05, 0.1) is 27.2 Å². The second-order valence-corrected chi connectivity index (χ2v) is 10.4. The third-order valence-corrected chi connectivity index (χ3v) is 7.53. The van der Waals surface area contributed by atoms with Gasteiger partial charge in [0.25, 0.3) is 10.0 Å². The maximum atomic E-state index is 13.4. The van der Waals surface area contributed by atoms with Crippen LogP contribution in [0.25, 0.3) is 0 Å². The molecule has 0 heterocycles. The van der Waals surface area contributed by atoms with E-state index < -0.39 is 45.9 Å². The van der Waals surface area contributed by atoms with Gasteiger partial charge in [-0.1, -0.05) is 53.6 Å². The van der Waals surface area contributed by atoms with Crippen molar-refractivity contribution in [3.63, 3.8) is 0 Å². The second-order valence-electron chi connectivity index (χ2n) is 8.14. The number of nitrogens with zero attached hydrogens (tertiary/aromatic N) is 1. The Morgan fingerprint density at radius 3 is 2.31 bits per heavy atom. The molecule has 1 N–H and O–H groups in total. The van der Waals surface area contributed by atoms with Crippen LogP contribution in [0.5, 0.6) is 0 Å². The van der Waals surface area contributed by atoms with E-state index in [1.807, 2.05) is 32.0 Å². The SMILES string of the molecule is Cc1ccc(C)c(C(C)NC(=O)CN(c2cc(C(F)(F)F)ccc2Cl)S(=O)(=O)c2ccccc2)c1. The molecule has 0 bridgehead atoms. The fourth-order valence-electron chi connectivity index (χ4n) is 3.62. The van der Waals surface area contributed by atoms with Crippen molar-refractivity contribution in [1.29, 1.82) is 0 Å². The van der Waals surface area contributed by atoms with Crippen LogP contribution in [0.4, 0.5) is 18.9 Å². The quantitative estimate of drug-likeness (QED) is 0.409. The number of benzene rings is 3. The Labute approximate surface area is 207 Å². The van der Waals surface area contributed by atoms with Gasteiger partial charge >= 0.3 is 6.18 Å². The third kappa shape index (κ3) is 6.15. The highest BCUT2D eigenvalue weighted by Gasteiger charge is 2.34. The van der Waals surface area contributed by atoms with Crippen LogP contribution in [0.15, 0.2) is 71.6 Å². The zero-order chi connectivity index (χ0) is 26.0. The van der Waals surface area contributed by atoms with Crippen LogP contribution in [0.2, 0.25) is 5.02 Å². The average Bonchev–Trinajstić information content (AvgIpc) is 2.79. The van der Waals surface area contributed by atoms with Crippen molar-refractivity contribution in [3.8, 4) is 0 Å². The van der Waals surface area contributed by atoms with E-state index in [9.17, 15) is 26.4 Å². The van der Waals surface area contributed by atoms with E-state index in [4.69, 9.17) is 11.6 Å². The normalized spacial score (nSPS) is 12.8. The Balaban J connectivity index is 2.02. The molecular formula is C25H24ClF3N2O3S. The fraction of sp³-hybridized carbons (Fsp3) is 0.240. The average molecular weight is 525 g/mol. The number of anilines is 1. The van der Waals surface area contributed by atoms with E-state index in [0.717, 1.165) is 28.8 Å². The molecular weight excluding hydrogens is 501 g/mol. The highest BCUT2D eigenvalue weighted by Crippen LogP contribution is 2.37. The molecule has 3 aromatic rings. The summed E-state index contributed by atoms with van der Waals surface area (Å²) >= 11 is 6.15. The third-order valence-electron chi connectivity index (χ3n) is 5.44. The Bertz CT molecular complexity index is 1330. The summed E-state index contributed by atoms with van der Waals surface area (Å²) < 4.78 is 67.6. The van der Waals surface area contributed by atoms with Crippen molar-refractivity contribution in [3.05, 3.63) is 94.0 Å². The van der Waals surface area contributed by atoms with Crippen molar-refractivity contribution in [1.82, 2.24) is 5.32 Å². The second kappa shape index (κ2) is 10.3. The summed E-state index contributed by atoms with van der Waals surface area (Å²) in [6.07, 6.45) is -4.74. The van der Waals surface area contributed by atoms with Gasteiger partial charge in [0, 0.05) is 0 Å². The van der Waals surface area contributed by atoms with E-state index in [-0.39, 0.29) is 9.92 Å². The largest absolute Gasteiger partial charge is 0.416 e. The van der Waals surface area contributed by atoms with Crippen LogP contribution in [-0.4, -0.2) is 20.9 Å². The lowest BCUT2D eigenvalue weighted by atomic mass is 10.00. The Morgan fingerprint density at radius 2 is 1.69 bits per heavy atom. The van der Waals surface area contributed by atoms with E-state index in [2.05, 4.69) is 5.32 Å². The van der Waals surface area contributed by atoms with Crippen molar-refractivity contribution in [2.45, 2.75) is 37.9 Å². The van der Waals surface area contributed by atoms with E-state index >= 15 is 0 Å². The first-order valence-electron chi connectivity index (χ1n) is 10.6. The number of carbonyl (C=O) groups excluding carboxylic acids is 1. The zero-order valence-corrected chi connectivity index (χ0v) is 20.8. The summed E-state index contributed by atoms with van der Waals surface area (Å²) in [5.41, 5.74) is 1.22. The van der Waals surface area contributed by atoms with Gasteiger partial charge in [0.2, 0.25) is 5.91 Å². The van der Waals surface area contributed by atoms with Gasteiger partial charge in [-0.05, 0) is 62.2 Å². The Morgan fingerprint density at radius 1 is 1.03 bits per heavy atom. The van der Waals surface area contributed by atoms with Crippen LogP contribution >= 0.6 is 11.6 Å². The van der Waals surface area contributed by atoms with Gasteiger partial charge < -0.3 is 5.32 Å². The summed E-state index contributed by atoms with van der Waals surface area (Å²) in [6, 6.07) is 14.7. The fourth-order valence-corrected chi connectivity index (χ4v) is 5.34. The van der Waals surface area contributed by atoms with Gasteiger partial charge in [-0.3, -0.25) is 9.10 Å². The molecule has 3 aromatic carbocycles. The van der Waals surface area contributed by atoms with Crippen LogP contribution in [-0.2, 0) is 21.0 Å². The number of sulfonamides is 1. The standard InChI is InChI=1S/C25H24ClF3N2O3S/c1-16-9-10-17(2)21(13-16)18(3)30-24(32)15-31(35(33,34)20-7-5-4-6-8-20)23-14-19(25(27,28)29)11-12-22(23)26/h4-14,18H,15H2,1-3H3,(H,30,32). The van der Waals surface area contributed by atoms with Crippen LogP contribution in [0, 0.1) is 13.8 Å². The molecule has 0 spiro atoms. The summed E-state index contributed by atoms with van der Waals surface area (Å²) in [6.45, 7) is 4.76. The lowest BCUT2D eigenvalue weighted by Gasteiger charge is -2.27. The molecule has 0 fully saturated rings. The van der Waals surface area contributed by atoms with Gasteiger partial charge in [-0.2, -0.15) is 13.2 Å². The number of nitrogens with one attached hydrogen (secondary N) is 1. The molecule has 0 saturated carbocycles. The molecule has 3 rings (SSSR count). The molecule has 10 heteroatoms. The molecule has 35 heavy (non-hydrogen) atoms. The Kier molecular flexibility index (Phi) is 7.81. The number of carbonyl (C=O) groups is 1. The summed E-state index contributed by atoms with van der Waals surface area (Å²) in [5.74, 6) is -0.702. The number of halogens is 4. The summed E-state index contributed by atoms with van der Waals surface area (Å²) in [5, 5.41) is 2.50. The van der Waals surface area contributed by atoms with E-state index in [1.54, 1.807) is 13.0 Å². The first-order valence-corrected chi connectivity index (χ1v) is 12.4. The predicted molar refractivity (Wildman–Crippen MR) is 130 cm³/mol. The van der Waals surface area contributed by atoms with E-state index in [0.29, 0.717) is 10.4 Å². The number of rotatable bonds is 7. The zero-order valence-electron chi connectivity index (χ0n) is 19.2. The van der Waals surface area contributed by atoms with Gasteiger partial charge in [0.15, 0.2) is 0 Å². The highest BCUT2D eigenvalue weighted by atomic mass is 35.5. The molecule has 0 aliphatic rings. The van der Waals surface area contributed by atoms with E-state index in [1.165, 1.54) is 24.3 Å². The molecule has 0 aliphatic heterocycles. The summed E-state index contributed by atoms with van der Waals surface area (Å²) in [4.78, 5) is 12.8. The smallest absolute Gasteiger partial charge is 0.348 e. The van der Waals surface area contributed by atoms with Gasteiger partial charge in [0.1, 0.15) is 6.54 Å². The summed E-state index contributed by atoms with van der Waals surface area (Å²) in [7, 11) is -4.43. The molecule has 1 atom stereocenters.